The second-order valence-electron chi connectivity index (χ2n) is 6.65. The minimum absolute atomic E-state index is 0.994. The van der Waals surface area contributed by atoms with Gasteiger partial charge in [0.1, 0.15) is 0 Å². The zero-order chi connectivity index (χ0) is 19.8. The van der Waals surface area contributed by atoms with Crippen LogP contribution >= 0.6 is 30.9 Å². The van der Waals surface area contributed by atoms with Crippen LogP contribution in [-0.2, 0) is 14.1 Å². The highest BCUT2D eigenvalue weighted by Gasteiger charge is 2.12. The molecule has 3 aromatic carbocycles. The maximum Gasteiger partial charge on any atom is 0.191 e. The first kappa shape index (κ1) is 18.5. The first-order valence-corrected chi connectivity index (χ1v) is 12.1. The number of rotatable bonds is 3. The number of nitrogens with zero attached hydrogens (tertiary/aromatic N) is 4. The standard InChI is InChI=1S/C22H19N4PS2/c1-25-17-12-6-8-14-19(17)28-21(25)23-27(16-10-4-3-5-11-16)24-22-26(2)18-13-7-9-15-20(18)29-22/h3-15H,1-2H3. The van der Waals surface area contributed by atoms with Crippen LogP contribution in [0.2, 0.25) is 0 Å². The smallest absolute Gasteiger partial charge is 0.191 e. The number of aromatic nitrogens is 2. The first-order valence-electron chi connectivity index (χ1n) is 9.24. The molecule has 0 saturated carbocycles. The van der Waals surface area contributed by atoms with E-state index in [0.717, 1.165) is 14.9 Å². The highest BCUT2D eigenvalue weighted by molar-refractivity contribution is 7.62. The van der Waals surface area contributed by atoms with Crippen molar-refractivity contribution in [1.29, 1.82) is 0 Å². The molecule has 0 radical (unpaired) electrons. The Bertz CT molecular complexity index is 1350. The van der Waals surface area contributed by atoms with Crippen molar-refractivity contribution >= 4 is 56.6 Å². The summed E-state index contributed by atoms with van der Waals surface area (Å²) in [6.07, 6.45) is 0. The maximum absolute atomic E-state index is 5.15. The van der Waals surface area contributed by atoms with Crippen LogP contribution in [0.4, 0.5) is 0 Å². The van der Waals surface area contributed by atoms with Gasteiger partial charge in [0.2, 0.25) is 0 Å². The Balaban J connectivity index is 1.74. The van der Waals surface area contributed by atoms with Gasteiger partial charge in [-0.3, -0.25) is 0 Å². The van der Waals surface area contributed by atoms with E-state index in [0.29, 0.717) is 0 Å². The Kier molecular flexibility index (Phi) is 4.92. The summed E-state index contributed by atoms with van der Waals surface area (Å²) in [5.74, 6) is 0. The van der Waals surface area contributed by atoms with Gasteiger partial charge in [-0.05, 0) is 24.3 Å². The van der Waals surface area contributed by atoms with E-state index in [4.69, 9.17) is 9.53 Å². The first-order chi connectivity index (χ1) is 14.2. The fraction of sp³-hybridized carbons (Fsp3) is 0.0909. The Morgan fingerprint density at radius 2 is 1.07 bits per heavy atom. The normalized spacial score (nSPS) is 14.1. The Morgan fingerprint density at radius 3 is 1.55 bits per heavy atom. The van der Waals surface area contributed by atoms with E-state index in [1.807, 2.05) is 6.07 Å². The summed E-state index contributed by atoms with van der Waals surface area (Å²) in [6.45, 7) is 0. The summed E-state index contributed by atoms with van der Waals surface area (Å²) in [5, 5.41) is 1.15. The van der Waals surface area contributed by atoms with Crippen LogP contribution in [0.5, 0.6) is 0 Å². The highest BCUT2D eigenvalue weighted by Crippen LogP contribution is 2.37. The molecular formula is C22H19N4PS2. The van der Waals surface area contributed by atoms with Crippen LogP contribution in [0.1, 0.15) is 0 Å². The number of aryl methyl sites for hydroxylation is 2. The third kappa shape index (κ3) is 3.48. The fourth-order valence-corrected chi connectivity index (χ4v) is 7.09. The van der Waals surface area contributed by atoms with Crippen molar-refractivity contribution < 1.29 is 0 Å². The van der Waals surface area contributed by atoms with Crippen molar-refractivity contribution in [2.75, 3.05) is 0 Å². The van der Waals surface area contributed by atoms with Gasteiger partial charge in [-0.1, -0.05) is 77.3 Å². The van der Waals surface area contributed by atoms with Gasteiger partial charge in [-0.2, -0.15) is 0 Å². The molecule has 0 aliphatic rings. The maximum atomic E-state index is 5.15. The van der Waals surface area contributed by atoms with Crippen LogP contribution in [-0.4, -0.2) is 9.13 Å². The summed E-state index contributed by atoms with van der Waals surface area (Å²) < 4.78 is 17.1. The minimum atomic E-state index is -1.09. The predicted molar refractivity (Wildman–Crippen MR) is 126 cm³/mol. The zero-order valence-electron chi connectivity index (χ0n) is 16.1. The molecular weight excluding hydrogens is 415 g/mol. The topological polar surface area (TPSA) is 34.6 Å². The van der Waals surface area contributed by atoms with E-state index in [1.165, 1.54) is 20.4 Å². The average molecular weight is 435 g/mol. The van der Waals surface area contributed by atoms with E-state index in [9.17, 15) is 0 Å². The number of fused-ring (bicyclic) bond motifs is 2. The van der Waals surface area contributed by atoms with Crippen molar-refractivity contribution in [3.63, 3.8) is 0 Å². The number of hydrogen-bond acceptors (Lipinski definition) is 4. The minimum Gasteiger partial charge on any atom is -0.320 e. The van der Waals surface area contributed by atoms with Gasteiger partial charge in [-0.25, -0.2) is 9.53 Å². The van der Waals surface area contributed by atoms with Gasteiger partial charge in [0.15, 0.2) is 17.8 Å². The Labute approximate surface area is 177 Å². The van der Waals surface area contributed by atoms with Crippen LogP contribution in [0, 0.1) is 0 Å². The van der Waals surface area contributed by atoms with Crippen molar-refractivity contribution in [2.45, 2.75) is 0 Å². The molecule has 144 valence electrons. The number of benzene rings is 3. The molecule has 0 spiro atoms. The molecule has 29 heavy (non-hydrogen) atoms. The Hall–Kier alpha value is -2.53. The van der Waals surface area contributed by atoms with Gasteiger partial charge in [0, 0.05) is 19.4 Å². The van der Waals surface area contributed by atoms with Crippen LogP contribution in [0.25, 0.3) is 20.4 Å². The van der Waals surface area contributed by atoms with Crippen LogP contribution in [0.3, 0.4) is 0 Å². The molecule has 2 aromatic heterocycles. The van der Waals surface area contributed by atoms with E-state index in [-0.39, 0.29) is 0 Å². The average Bonchev–Trinajstić information content (AvgIpc) is 3.25. The van der Waals surface area contributed by atoms with Gasteiger partial charge in [0.05, 0.1) is 20.4 Å². The summed E-state index contributed by atoms with van der Waals surface area (Å²) in [6, 6.07) is 27.3. The molecule has 0 amide bonds. The van der Waals surface area contributed by atoms with Gasteiger partial charge in [-0.15, -0.1) is 0 Å². The predicted octanol–water partition coefficient (Wildman–Crippen LogP) is 4.93. The summed E-state index contributed by atoms with van der Waals surface area (Å²) in [5.41, 5.74) is 2.40. The number of hydrogen-bond donors (Lipinski definition) is 0. The lowest BCUT2D eigenvalue weighted by molar-refractivity contribution is 0.914. The van der Waals surface area contributed by atoms with E-state index >= 15 is 0 Å². The quantitative estimate of drug-likeness (QED) is 0.361. The highest BCUT2D eigenvalue weighted by atomic mass is 32.1. The van der Waals surface area contributed by atoms with Crippen molar-refractivity contribution in [3.8, 4) is 0 Å². The molecule has 0 bridgehead atoms. The molecule has 0 aliphatic heterocycles. The van der Waals surface area contributed by atoms with Gasteiger partial charge >= 0.3 is 0 Å². The Morgan fingerprint density at radius 1 is 0.621 bits per heavy atom. The van der Waals surface area contributed by atoms with Crippen molar-refractivity contribution in [3.05, 3.63) is 88.5 Å². The zero-order valence-corrected chi connectivity index (χ0v) is 18.6. The molecule has 0 aliphatic carbocycles. The number of para-hydroxylation sites is 2. The van der Waals surface area contributed by atoms with E-state index < -0.39 is 8.22 Å². The third-order valence-electron chi connectivity index (χ3n) is 4.78. The molecule has 0 fully saturated rings. The lowest BCUT2D eigenvalue weighted by Gasteiger charge is -2.06. The van der Waals surface area contributed by atoms with Crippen molar-refractivity contribution in [1.82, 2.24) is 9.13 Å². The monoisotopic (exact) mass is 434 g/mol. The molecule has 0 saturated heterocycles. The van der Waals surface area contributed by atoms with E-state index in [2.05, 4.69) is 96.0 Å². The fourth-order valence-electron chi connectivity index (χ4n) is 3.22. The molecule has 5 rings (SSSR count). The molecule has 7 heteroatoms. The van der Waals surface area contributed by atoms with Crippen molar-refractivity contribution in [2.24, 2.45) is 23.6 Å². The summed E-state index contributed by atoms with van der Waals surface area (Å²) >= 11 is 3.43. The number of thiazole rings is 2. The SMILES string of the molecule is Cn1c(=NP(N=c2sc3ccccc3n2C)c2ccccc2)sc2ccccc21. The molecule has 0 N–H and O–H groups in total. The summed E-state index contributed by atoms with van der Waals surface area (Å²) in [7, 11) is 3.07. The van der Waals surface area contributed by atoms with Crippen LogP contribution in [0.15, 0.2) is 88.4 Å². The second-order valence-corrected chi connectivity index (χ2v) is 10.2. The molecule has 4 nitrogen and oxygen atoms in total. The molecule has 5 aromatic rings. The van der Waals surface area contributed by atoms with Gasteiger partial charge < -0.3 is 9.13 Å². The van der Waals surface area contributed by atoms with Gasteiger partial charge in [0.25, 0.3) is 0 Å². The molecule has 0 unspecified atom stereocenters. The largest absolute Gasteiger partial charge is 0.320 e. The molecule has 2 heterocycles. The van der Waals surface area contributed by atoms with Crippen LogP contribution < -0.4 is 14.9 Å². The molecule has 0 atom stereocenters. The third-order valence-corrected chi connectivity index (χ3v) is 8.79. The second kappa shape index (κ2) is 7.71. The van der Waals surface area contributed by atoms with E-state index in [1.54, 1.807) is 22.7 Å². The lowest BCUT2D eigenvalue weighted by atomic mass is 10.3. The summed E-state index contributed by atoms with van der Waals surface area (Å²) in [4.78, 5) is 1.99. The lowest BCUT2D eigenvalue weighted by Crippen LogP contribution is -2.13.